The van der Waals surface area contributed by atoms with E-state index in [0.29, 0.717) is 37.5 Å². The SMILES string of the molecule is O=C(CCc1ccc(OC(F)(F)F)cc1)N1CCN(Cc2cn3cc(Cl)ccc3n2)CC1. The largest absolute Gasteiger partial charge is 0.573 e. The highest BCUT2D eigenvalue weighted by Gasteiger charge is 2.31. The van der Waals surface area contributed by atoms with Crippen molar-refractivity contribution in [3.05, 3.63) is 65.1 Å². The van der Waals surface area contributed by atoms with Crippen molar-refractivity contribution in [3.63, 3.8) is 0 Å². The van der Waals surface area contributed by atoms with Gasteiger partial charge in [-0.15, -0.1) is 13.2 Å². The van der Waals surface area contributed by atoms with Gasteiger partial charge in [-0.1, -0.05) is 23.7 Å². The molecule has 0 spiro atoms. The van der Waals surface area contributed by atoms with Crippen LogP contribution in [0.1, 0.15) is 17.7 Å². The summed E-state index contributed by atoms with van der Waals surface area (Å²) in [6, 6.07) is 9.31. The van der Waals surface area contributed by atoms with E-state index in [1.165, 1.54) is 12.1 Å². The molecule has 0 N–H and O–H groups in total. The highest BCUT2D eigenvalue weighted by Crippen LogP contribution is 2.23. The molecule has 170 valence electrons. The van der Waals surface area contributed by atoms with Crippen LogP contribution in [0.3, 0.4) is 0 Å². The molecule has 0 saturated carbocycles. The molecule has 3 heterocycles. The number of ether oxygens (including phenoxy) is 1. The molecule has 1 saturated heterocycles. The van der Waals surface area contributed by atoms with Crippen LogP contribution in [-0.4, -0.2) is 57.6 Å². The minimum absolute atomic E-state index is 0.0441. The summed E-state index contributed by atoms with van der Waals surface area (Å²) < 4.78 is 42.5. The van der Waals surface area contributed by atoms with Crippen LogP contribution in [0.5, 0.6) is 5.75 Å². The zero-order chi connectivity index (χ0) is 22.7. The number of rotatable bonds is 6. The Morgan fingerprint density at radius 2 is 1.75 bits per heavy atom. The van der Waals surface area contributed by atoms with Crippen molar-refractivity contribution in [3.8, 4) is 5.75 Å². The predicted molar refractivity (Wildman–Crippen MR) is 114 cm³/mol. The number of alkyl halides is 3. The minimum atomic E-state index is -4.71. The molecular weight excluding hydrogens is 445 g/mol. The van der Waals surface area contributed by atoms with Gasteiger partial charge in [-0.05, 0) is 36.2 Å². The molecule has 4 rings (SSSR count). The van der Waals surface area contributed by atoms with Crippen LogP contribution in [0.25, 0.3) is 5.65 Å². The van der Waals surface area contributed by atoms with Gasteiger partial charge in [-0.25, -0.2) is 4.98 Å². The van der Waals surface area contributed by atoms with E-state index in [4.69, 9.17) is 11.6 Å². The molecular formula is C22H22ClF3N4O2. The molecule has 2 aromatic heterocycles. The van der Waals surface area contributed by atoms with Crippen molar-refractivity contribution >= 4 is 23.2 Å². The number of carbonyl (C=O) groups is 1. The summed E-state index contributed by atoms with van der Waals surface area (Å²) in [5, 5.41) is 0.652. The van der Waals surface area contributed by atoms with Crippen LogP contribution in [0.2, 0.25) is 5.02 Å². The number of hydrogen-bond acceptors (Lipinski definition) is 4. The number of halogens is 4. The fourth-order valence-electron chi connectivity index (χ4n) is 3.75. The first-order valence-electron chi connectivity index (χ1n) is 10.2. The van der Waals surface area contributed by atoms with E-state index in [2.05, 4.69) is 14.6 Å². The normalized spacial score (nSPS) is 15.3. The Morgan fingerprint density at radius 1 is 1.03 bits per heavy atom. The zero-order valence-corrected chi connectivity index (χ0v) is 17.9. The first kappa shape index (κ1) is 22.4. The quantitative estimate of drug-likeness (QED) is 0.547. The molecule has 6 nitrogen and oxygen atoms in total. The van der Waals surface area contributed by atoms with E-state index in [-0.39, 0.29) is 11.7 Å². The molecule has 0 radical (unpaired) electrons. The second-order valence-corrected chi connectivity index (χ2v) is 8.13. The van der Waals surface area contributed by atoms with Gasteiger partial charge >= 0.3 is 6.36 Å². The van der Waals surface area contributed by atoms with E-state index >= 15 is 0 Å². The Kier molecular flexibility index (Phi) is 6.57. The lowest BCUT2D eigenvalue weighted by Gasteiger charge is -2.34. The topological polar surface area (TPSA) is 50.1 Å². The van der Waals surface area contributed by atoms with Gasteiger partial charge in [0, 0.05) is 51.5 Å². The van der Waals surface area contributed by atoms with Gasteiger partial charge in [0.05, 0.1) is 10.7 Å². The Hall–Kier alpha value is -2.78. The lowest BCUT2D eigenvalue weighted by molar-refractivity contribution is -0.274. The summed E-state index contributed by atoms with van der Waals surface area (Å²) in [4.78, 5) is 21.2. The van der Waals surface area contributed by atoms with Gasteiger partial charge in [-0.2, -0.15) is 0 Å². The van der Waals surface area contributed by atoms with Crippen LogP contribution in [0, 0.1) is 0 Å². The number of imidazole rings is 1. The second-order valence-electron chi connectivity index (χ2n) is 7.69. The van der Waals surface area contributed by atoms with Crippen molar-refractivity contribution in [2.24, 2.45) is 0 Å². The summed E-state index contributed by atoms with van der Waals surface area (Å²) in [6.07, 6.45) is -0.148. The van der Waals surface area contributed by atoms with Gasteiger partial charge in [0.15, 0.2) is 0 Å². The number of benzene rings is 1. The van der Waals surface area contributed by atoms with E-state index in [9.17, 15) is 18.0 Å². The molecule has 1 aromatic carbocycles. The molecule has 3 aromatic rings. The van der Waals surface area contributed by atoms with Crippen molar-refractivity contribution in [2.75, 3.05) is 26.2 Å². The maximum Gasteiger partial charge on any atom is 0.573 e. The summed E-state index contributed by atoms with van der Waals surface area (Å²) in [5.41, 5.74) is 2.58. The molecule has 1 fully saturated rings. The number of carbonyl (C=O) groups excluding carboxylic acids is 1. The number of aromatic nitrogens is 2. The van der Waals surface area contributed by atoms with Crippen molar-refractivity contribution in [2.45, 2.75) is 25.7 Å². The van der Waals surface area contributed by atoms with Crippen LogP contribution < -0.4 is 4.74 Å². The third-order valence-electron chi connectivity index (χ3n) is 5.36. The summed E-state index contributed by atoms with van der Waals surface area (Å²) >= 11 is 6.02. The molecule has 0 bridgehead atoms. The van der Waals surface area contributed by atoms with Gasteiger partial charge in [0.1, 0.15) is 11.4 Å². The average Bonchev–Trinajstić information content (AvgIpc) is 3.13. The Morgan fingerprint density at radius 3 is 2.44 bits per heavy atom. The molecule has 0 aliphatic carbocycles. The summed E-state index contributed by atoms with van der Waals surface area (Å²) in [7, 11) is 0. The third kappa shape index (κ3) is 5.92. The number of piperazine rings is 1. The number of aryl methyl sites for hydroxylation is 1. The molecule has 0 atom stereocenters. The van der Waals surface area contributed by atoms with Crippen molar-refractivity contribution in [1.29, 1.82) is 0 Å². The minimum Gasteiger partial charge on any atom is -0.406 e. The maximum absolute atomic E-state index is 12.5. The number of amides is 1. The Bertz CT molecular complexity index is 1080. The highest BCUT2D eigenvalue weighted by molar-refractivity contribution is 6.30. The number of fused-ring (bicyclic) bond motifs is 1. The van der Waals surface area contributed by atoms with Gasteiger partial charge in [0.2, 0.25) is 5.91 Å². The standard InChI is InChI=1S/C22H22ClF3N4O2/c23-17-4-7-20-27-18(15-30(20)13-17)14-28-9-11-29(12-10-28)21(31)8-3-16-1-5-19(6-2-16)32-22(24,25)26/h1-2,4-7,13,15H,3,8-12,14H2. The Balaban J connectivity index is 1.22. The van der Waals surface area contributed by atoms with E-state index in [1.807, 2.05) is 33.8 Å². The van der Waals surface area contributed by atoms with E-state index < -0.39 is 6.36 Å². The van der Waals surface area contributed by atoms with Crippen LogP contribution in [-0.2, 0) is 17.8 Å². The number of hydrogen-bond donors (Lipinski definition) is 0. The number of nitrogens with zero attached hydrogens (tertiary/aromatic N) is 4. The van der Waals surface area contributed by atoms with Crippen LogP contribution in [0.15, 0.2) is 48.8 Å². The second kappa shape index (κ2) is 9.38. The fraction of sp³-hybridized carbons (Fsp3) is 0.364. The van der Waals surface area contributed by atoms with Crippen molar-refractivity contribution < 1.29 is 22.7 Å². The lowest BCUT2D eigenvalue weighted by Crippen LogP contribution is -2.48. The van der Waals surface area contributed by atoms with Crippen LogP contribution in [0.4, 0.5) is 13.2 Å². The first-order valence-corrected chi connectivity index (χ1v) is 10.6. The third-order valence-corrected chi connectivity index (χ3v) is 5.58. The Labute approximate surface area is 188 Å². The van der Waals surface area contributed by atoms with E-state index in [1.54, 1.807) is 12.1 Å². The number of pyridine rings is 1. The van der Waals surface area contributed by atoms with Gasteiger partial charge in [0.25, 0.3) is 0 Å². The first-order chi connectivity index (χ1) is 15.2. The fourth-order valence-corrected chi connectivity index (χ4v) is 3.91. The monoisotopic (exact) mass is 466 g/mol. The van der Waals surface area contributed by atoms with Gasteiger partial charge in [-0.3, -0.25) is 9.69 Å². The molecule has 32 heavy (non-hydrogen) atoms. The maximum atomic E-state index is 12.5. The summed E-state index contributed by atoms with van der Waals surface area (Å²) in [6.45, 7) is 3.48. The average molecular weight is 467 g/mol. The molecule has 1 aliphatic rings. The predicted octanol–water partition coefficient (Wildman–Crippen LogP) is 4.16. The zero-order valence-electron chi connectivity index (χ0n) is 17.2. The molecule has 10 heteroatoms. The van der Waals surface area contributed by atoms with Crippen molar-refractivity contribution in [1.82, 2.24) is 19.2 Å². The van der Waals surface area contributed by atoms with Gasteiger partial charge < -0.3 is 14.0 Å². The van der Waals surface area contributed by atoms with E-state index in [0.717, 1.165) is 30.0 Å². The molecule has 0 unspecified atom stereocenters. The summed E-state index contributed by atoms with van der Waals surface area (Å²) in [5.74, 6) is -0.222. The lowest BCUT2D eigenvalue weighted by atomic mass is 10.1. The highest BCUT2D eigenvalue weighted by atomic mass is 35.5. The smallest absolute Gasteiger partial charge is 0.406 e. The molecule has 1 aliphatic heterocycles. The molecule has 1 amide bonds. The van der Waals surface area contributed by atoms with Crippen LogP contribution >= 0.6 is 11.6 Å².